The minimum Gasteiger partial charge on any atom is -0.115 e. The van der Waals surface area contributed by atoms with Gasteiger partial charge in [0.1, 0.15) is 0 Å². The van der Waals surface area contributed by atoms with Crippen LogP contribution in [-0.2, 0) is 0 Å². The van der Waals surface area contributed by atoms with Gasteiger partial charge in [-0.2, -0.15) is 0 Å². The molecular weight excluding hydrogens is 124 g/mol. The van der Waals surface area contributed by atoms with Crippen molar-refractivity contribution in [1.82, 2.24) is 0 Å². The van der Waals surface area contributed by atoms with Crippen LogP contribution in [0.25, 0.3) is 0 Å². The molecule has 0 heterocycles. The molecule has 1 rings (SSSR count). The van der Waals surface area contributed by atoms with Gasteiger partial charge in [-0.1, -0.05) is 23.2 Å². The van der Waals surface area contributed by atoms with Crippen LogP contribution in [0.3, 0.4) is 0 Å². The minimum absolute atomic E-state index is 1.02. The van der Waals surface area contributed by atoms with Crippen molar-refractivity contribution in [2.75, 3.05) is 0 Å². The SMILES string of the molecule is C#CC1=CC=CCC1=[SiH2]. The predicted molar refractivity (Wildman–Crippen MR) is 44.2 cm³/mol. The fraction of sp³-hybridized carbons (Fsp3) is 0.125. The summed E-state index contributed by atoms with van der Waals surface area (Å²) in [5.41, 5.74) is 1.05. The number of rotatable bonds is 0. The summed E-state index contributed by atoms with van der Waals surface area (Å²) >= 11 is 0. The molecule has 0 saturated carbocycles. The maximum atomic E-state index is 5.23. The Bertz CT molecular complexity index is 225. The summed E-state index contributed by atoms with van der Waals surface area (Å²) in [6, 6.07) is 0. The van der Waals surface area contributed by atoms with Gasteiger partial charge >= 0.3 is 0 Å². The van der Waals surface area contributed by atoms with Gasteiger partial charge in [0.05, 0.1) is 0 Å². The standard InChI is InChI=1S/C8H8Si/c1-2-7-5-3-4-6-8(7)9/h1,3-5H,6,9H2. The van der Waals surface area contributed by atoms with E-state index in [-0.39, 0.29) is 0 Å². The van der Waals surface area contributed by atoms with E-state index in [4.69, 9.17) is 6.42 Å². The number of allylic oxidation sites excluding steroid dienone is 4. The quantitative estimate of drug-likeness (QED) is 0.329. The molecule has 0 aromatic heterocycles. The molecule has 0 aliphatic heterocycles. The van der Waals surface area contributed by atoms with E-state index in [9.17, 15) is 0 Å². The molecule has 1 aliphatic carbocycles. The number of hydrogen-bond donors (Lipinski definition) is 0. The zero-order valence-electron chi connectivity index (χ0n) is 5.22. The van der Waals surface area contributed by atoms with E-state index in [1.165, 1.54) is 5.17 Å². The first kappa shape index (κ1) is 6.25. The molecule has 44 valence electrons. The first-order valence-corrected chi connectivity index (χ1v) is 3.57. The summed E-state index contributed by atoms with van der Waals surface area (Å²) in [4.78, 5) is 0. The summed E-state index contributed by atoms with van der Waals surface area (Å²) < 4.78 is 0. The maximum absolute atomic E-state index is 5.23. The van der Waals surface area contributed by atoms with Crippen molar-refractivity contribution in [2.24, 2.45) is 0 Å². The van der Waals surface area contributed by atoms with Crippen LogP contribution in [0, 0.1) is 12.3 Å². The zero-order valence-corrected chi connectivity index (χ0v) is 6.64. The van der Waals surface area contributed by atoms with E-state index in [1.54, 1.807) is 0 Å². The molecule has 1 aliphatic rings. The lowest BCUT2D eigenvalue weighted by molar-refractivity contribution is 1.48. The molecule has 0 amide bonds. The zero-order chi connectivity index (χ0) is 6.69. The molecule has 0 saturated heterocycles. The molecule has 0 radical (unpaired) electrons. The van der Waals surface area contributed by atoms with Crippen molar-refractivity contribution < 1.29 is 0 Å². The normalized spacial score (nSPS) is 16.8. The summed E-state index contributed by atoms with van der Waals surface area (Å²) in [5.74, 6) is 2.63. The fourth-order valence-electron chi connectivity index (χ4n) is 0.753. The second kappa shape index (κ2) is 2.61. The second-order valence-electron chi connectivity index (χ2n) is 1.96. The van der Waals surface area contributed by atoms with E-state index >= 15 is 0 Å². The molecule has 0 aromatic carbocycles. The highest BCUT2D eigenvalue weighted by molar-refractivity contribution is 6.45. The van der Waals surface area contributed by atoms with E-state index in [0.29, 0.717) is 0 Å². The maximum Gasteiger partial charge on any atom is 0.0225 e. The van der Waals surface area contributed by atoms with Crippen LogP contribution < -0.4 is 0 Å². The molecule has 0 unspecified atom stereocenters. The molecule has 0 atom stereocenters. The van der Waals surface area contributed by atoms with Gasteiger partial charge < -0.3 is 0 Å². The predicted octanol–water partition coefficient (Wildman–Crippen LogP) is 0.311. The first-order chi connectivity index (χ1) is 4.34. The molecule has 0 bridgehead atoms. The molecule has 0 N–H and O–H groups in total. The van der Waals surface area contributed by atoms with E-state index in [2.05, 4.69) is 12.0 Å². The molecule has 0 nitrogen and oxygen atoms in total. The third-order valence-corrected chi connectivity index (χ3v) is 1.97. The lowest BCUT2D eigenvalue weighted by atomic mass is 10.1. The molecule has 9 heavy (non-hydrogen) atoms. The lowest BCUT2D eigenvalue weighted by Gasteiger charge is -2.03. The summed E-state index contributed by atoms with van der Waals surface area (Å²) in [6.45, 7) is 0. The highest BCUT2D eigenvalue weighted by Gasteiger charge is 1.98. The molecule has 0 aromatic rings. The molecule has 1 heteroatoms. The molecular formula is C8H8Si. The van der Waals surface area contributed by atoms with Crippen molar-refractivity contribution in [3.63, 3.8) is 0 Å². The van der Waals surface area contributed by atoms with Crippen molar-refractivity contribution in [1.29, 1.82) is 0 Å². The lowest BCUT2D eigenvalue weighted by Crippen LogP contribution is -2.02. The van der Waals surface area contributed by atoms with Crippen molar-refractivity contribution in [3.05, 3.63) is 23.8 Å². The number of terminal acetylenes is 1. The van der Waals surface area contributed by atoms with Gasteiger partial charge in [-0.15, -0.1) is 6.42 Å². The van der Waals surface area contributed by atoms with Gasteiger partial charge in [0.15, 0.2) is 0 Å². The Morgan fingerprint density at radius 3 is 2.89 bits per heavy atom. The van der Waals surface area contributed by atoms with Gasteiger partial charge in [-0.25, -0.2) is 0 Å². The van der Waals surface area contributed by atoms with Crippen LogP contribution in [-0.4, -0.2) is 15.0 Å². The Labute approximate surface area is 58.3 Å². The third kappa shape index (κ3) is 1.27. The largest absolute Gasteiger partial charge is 0.115 e. The van der Waals surface area contributed by atoms with Gasteiger partial charge in [0.2, 0.25) is 0 Å². The van der Waals surface area contributed by atoms with Crippen LogP contribution in [0.1, 0.15) is 6.42 Å². The van der Waals surface area contributed by atoms with Crippen LogP contribution in [0.4, 0.5) is 0 Å². The minimum atomic E-state index is 1.02. The summed E-state index contributed by atoms with van der Waals surface area (Å²) in [5, 5.41) is 1.32. The second-order valence-corrected chi connectivity index (χ2v) is 2.81. The Kier molecular flexibility index (Phi) is 1.81. The van der Waals surface area contributed by atoms with Crippen molar-refractivity contribution in [3.8, 4) is 12.3 Å². The van der Waals surface area contributed by atoms with Gasteiger partial charge in [0.25, 0.3) is 0 Å². The van der Waals surface area contributed by atoms with Crippen molar-refractivity contribution in [2.45, 2.75) is 6.42 Å². The van der Waals surface area contributed by atoms with Crippen molar-refractivity contribution >= 4 is 15.0 Å². The molecule has 0 spiro atoms. The summed E-state index contributed by atoms with van der Waals surface area (Å²) in [6.07, 6.45) is 12.3. The van der Waals surface area contributed by atoms with E-state index < -0.39 is 0 Å². The Morgan fingerprint density at radius 1 is 1.67 bits per heavy atom. The highest BCUT2D eigenvalue weighted by Crippen LogP contribution is 2.04. The highest BCUT2D eigenvalue weighted by atomic mass is 28.1. The smallest absolute Gasteiger partial charge is 0.0225 e. The van der Waals surface area contributed by atoms with Crippen LogP contribution in [0.15, 0.2) is 23.8 Å². The first-order valence-electron chi connectivity index (χ1n) is 2.86. The van der Waals surface area contributed by atoms with Crippen LogP contribution in [0.2, 0.25) is 0 Å². The average molecular weight is 132 g/mol. The fourth-order valence-corrected chi connectivity index (χ4v) is 1.14. The summed E-state index contributed by atoms with van der Waals surface area (Å²) in [7, 11) is 1.87. The van der Waals surface area contributed by atoms with Crippen LogP contribution in [0.5, 0.6) is 0 Å². The Balaban J connectivity index is 2.91. The topological polar surface area (TPSA) is 0 Å². The third-order valence-electron chi connectivity index (χ3n) is 1.30. The van der Waals surface area contributed by atoms with E-state index in [0.717, 1.165) is 12.0 Å². The number of hydrogen-bond acceptors (Lipinski definition) is 0. The van der Waals surface area contributed by atoms with E-state index in [1.807, 2.05) is 22.0 Å². The Hall–Kier alpha value is -0.873. The van der Waals surface area contributed by atoms with Crippen LogP contribution >= 0.6 is 0 Å². The van der Waals surface area contributed by atoms with Gasteiger partial charge in [-0.05, 0) is 22.4 Å². The van der Waals surface area contributed by atoms with Gasteiger partial charge in [0, 0.05) is 5.57 Å². The molecule has 0 fully saturated rings. The average Bonchev–Trinajstić information content (AvgIpc) is 1.89. The van der Waals surface area contributed by atoms with Gasteiger partial charge in [-0.3, -0.25) is 0 Å². The monoisotopic (exact) mass is 132 g/mol. The Morgan fingerprint density at radius 2 is 2.44 bits per heavy atom.